The molecule has 0 aromatic heterocycles. The molecule has 0 atom stereocenters. The molecule has 2 radical (unpaired) electrons. The average molecular weight is 316 g/mol. The first-order valence-electron chi connectivity index (χ1n) is 1.82. The van der Waals surface area contributed by atoms with Gasteiger partial charge in [0.15, 0.2) is 0 Å². The zero-order chi connectivity index (χ0) is 6.78. The second kappa shape index (κ2) is 7.54. The summed E-state index contributed by atoms with van der Waals surface area (Å²) in [7, 11) is -4.32. The van der Waals surface area contributed by atoms with E-state index in [2.05, 4.69) is 11.1 Å². The fourth-order valence-electron chi connectivity index (χ4n) is 0.203. The molecule has 0 aliphatic rings. The standard InChI is InChI=1S/C3H7O4P.2Y/c1-3(2)7-8(4,5)6;;/h1H2,2H3,(H2,4,5,6);;. The molecule has 4 nitrogen and oxygen atoms in total. The molecule has 0 heterocycles. The molecule has 0 rings (SSSR count). The molecule has 0 amide bonds. The number of phosphoric ester groups is 1. The van der Waals surface area contributed by atoms with Gasteiger partial charge in [-0.25, -0.2) is 4.57 Å². The fraction of sp³-hybridized carbons (Fsp3) is 0.333. The van der Waals surface area contributed by atoms with Crippen molar-refractivity contribution >= 4 is 7.82 Å². The van der Waals surface area contributed by atoms with Gasteiger partial charge in [-0.05, 0) is 6.92 Å². The van der Waals surface area contributed by atoms with E-state index in [1.54, 1.807) is 0 Å². The van der Waals surface area contributed by atoms with Gasteiger partial charge in [0.2, 0.25) is 0 Å². The maximum atomic E-state index is 9.85. The molecule has 0 aromatic rings. The maximum absolute atomic E-state index is 9.85. The van der Waals surface area contributed by atoms with E-state index in [1.165, 1.54) is 6.92 Å². The Bertz CT molecular complexity index is 141. The summed E-state index contributed by atoms with van der Waals surface area (Å²) in [6.07, 6.45) is 0. The van der Waals surface area contributed by atoms with E-state index in [-0.39, 0.29) is 71.2 Å². The minimum absolute atomic E-state index is 0. The zero-order valence-electron chi connectivity index (χ0n) is 5.52. The number of allylic oxidation sites excluding steroid dienone is 1. The quantitative estimate of drug-likeness (QED) is 0.579. The SMILES string of the molecule is C=C(C)OP(=O)(O)O.[Y].[Y]. The summed E-state index contributed by atoms with van der Waals surface area (Å²) in [5, 5.41) is 0. The Hall–Kier alpha value is 1.90. The normalized spacial score (nSPS) is 8.70. The number of rotatable bonds is 2. The molecule has 0 bridgehead atoms. The second-order valence-corrected chi connectivity index (χ2v) is 2.45. The first-order chi connectivity index (χ1) is 3.42. The van der Waals surface area contributed by atoms with Crippen molar-refractivity contribution in [1.29, 1.82) is 0 Å². The topological polar surface area (TPSA) is 66.8 Å². The van der Waals surface area contributed by atoms with Crippen molar-refractivity contribution in [3.63, 3.8) is 0 Å². The summed E-state index contributed by atoms with van der Waals surface area (Å²) in [5.41, 5.74) is 0. The van der Waals surface area contributed by atoms with Gasteiger partial charge >= 0.3 is 7.82 Å². The number of phosphoric acid groups is 1. The predicted octanol–water partition coefficient (Wildman–Crippen LogP) is 0.624. The Labute approximate surface area is 110 Å². The third-order valence-electron chi connectivity index (χ3n) is 0.275. The number of hydrogen-bond acceptors (Lipinski definition) is 2. The van der Waals surface area contributed by atoms with Crippen molar-refractivity contribution < 1.29 is 84.3 Å². The molecule has 0 saturated heterocycles. The third-order valence-corrected chi connectivity index (χ3v) is 0.824. The zero-order valence-corrected chi connectivity index (χ0v) is 12.1. The largest absolute Gasteiger partial charge is 0.524 e. The van der Waals surface area contributed by atoms with Gasteiger partial charge in [0, 0.05) is 65.4 Å². The van der Waals surface area contributed by atoms with E-state index < -0.39 is 7.82 Å². The Morgan fingerprint density at radius 2 is 1.80 bits per heavy atom. The first-order valence-corrected chi connectivity index (χ1v) is 3.35. The van der Waals surface area contributed by atoms with Crippen molar-refractivity contribution in [3.05, 3.63) is 12.3 Å². The van der Waals surface area contributed by atoms with Crippen LogP contribution in [0.15, 0.2) is 12.3 Å². The summed E-state index contributed by atoms with van der Waals surface area (Å²) >= 11 is 0. The average Bonchev–Trinajstić information content (AvgIpc) is 1.21. The van der Waals surface area contributed by atoms with E-state index in [9.17, 15) is 4.57 Å². The molecule has 2 N–H and O–H groups in total. The fourth-order valence-corrected chi connectivity index (χ4v) is 0.609. The Balaban J connectivity index is -0.000000245. The van der Waals surface area contributed by atoms with Crippen LogP contribution in [0.1, 0.15) is 6.92 Å². The van der Waals surface area contributed by atoms with Gasteiger partial charge in [-0.15, -0.1) is 0 Å². The van der Waals surface area contributed by atoms with E-state index in [4.69, 9.17) is 9.79 Å². The van der Waals surface area contributed by atoms with Gasteiger partial charge in [-0.1, -0.05) is 6.58 Å². The Kier molecular flexibility index (Phi) is 13.5. The van der Waals surface area contributed by atoms with Gasteiger partial charge < -0.3 is 4.52 Å². The van der Waals surface area contributed by atoms with E-state index in [0.717, 1.165) is 0 Å². The molecule has 0 aromatic carbocycles. The molecule has 0 spiro atoms. The van der Waals surface area contributed by atoms with Crippen molar-refractivity contribution in [1.82, 2.24) is 0 Å². The molecule has 0 aliphatic heterocycles. The monoisotopic (exact) mass is 316 g/mol. The van der Waals surface area contributed by atoms with Crippen molar-refractivity contribution in [2.75, 3.05) is 0 Å². The van der Waals surface area contributed by atoms with Crippen LogP contribution in [0, 0.1) is 0 Å². The molecule has 0 aliphatic carbocycles. The van der Waals surface area contributed by atoms with Crippen LogP contribution in [-0.2, 0) is 74.5 Å². The Morgan fingerprint density at radius 3 is 1.80 bits per heavy atom. The second-order valence-electron chi connectivity index (χ2n) is 1.28. The summed E-state index contributed by atoms with van der Waals surface area (Å²) in [4.78, 5) is 16.0. The van der Waals surface area contributed by atoms with E-state index in [0.29, 0.717) is 0 Å². The molecule has 10 heavy (non-hydrogen) atoms. The van der Waals surface area contributed by atoms with Crippen LogP contribution in [0.4, 0.5) is 0 Å². The van der Waals surface area contributed by atoms with E-state index >= 15 is 0 Å². The van der Waals surface area contributed by atoms with Gasteiger partial charge in [-0.3, -0.25) is 9.79 Å². The van der Waals surface area contributed by atoms with E-state index in [1.807, 2.05) is 0 Å². The van der Waals surface area contributed by atoms with Crippen LogP contribution in [-0.4, -0.2) is 9.79 Å². The molecular weight excluding hydrogens is 309 g/mol. The van der Waals surface area contributed by atoms with Gasteiger partial charge in [0.25, 0.3) is 0 Å². The van der Waals surface area contributed by atoms with Crippen LogP contribution >= 0.6 is 7.82 Å². The summed E-state index contributed by atoms with van der Waals surface area (Å²) in [5.74, 6) is 0.0123. The summed E-state index contributed by atoms with van der Waals surface area (Å²) in [6.45, 7) is 4.49. The molecule has 0 fully saturated rings. The van der Waals surface area contributed by atoms with Crippen LogP contribution in [0.25, 0.3) is 0 Å². The molecule has 7 heteroatoms. The van der Waals surface area contributed by atoms with Crippen molar-refractivity contribution in [2.45, 2.75) is 6.92 Å². The summed E-state index contributed by atoms with van der Waals surface area (Å²) < 4.78 is 13.8. The molecule has 0 unspecified atom stereocenters. The van der Waals surface area contributed by atoms with Gasteiger partial charge in [-0.2, -0.15) is 0 Å². The number of hydrogen-bond donors (Lipinski definition) is 2. The summed E-state index contributed by atoms with van der Waals surface area (Å²) in [6, 6.07) is 0. The maximum Gasteiger partial charge on any atom is 0.524 e. The predicted molar refractivity (Wildman–Crippen MR) is 27.9 cm³/mol. The Morgan fingerprint density at radius 1 is 1.50 bits per heavy atom. The first kappa shape index (κ1) is 17.8. The van der Waals surface area contributed by atoms with Crippen LogP contribution in [0.5, 0.6) is 0 Å². The van der Waals surface area contributed by atoms with Crippen molar-refractivity contribution in [2.24, 2.45) is 0 Å². The molecular formula is C3H7O4PY2. The van der Waals surface area contributed by atoms with Crippen LogP contribution < -0.4 is 0 Å². The molecule has 0 saturated carbocycles. The van der Waals surface area contributed by atoms with Crippen molar-refractivity contribution in [3.8, 4) is 0 Å². The van der Waals surface area contributed by atoms with Gasteiger partial charge in [0.05, 0.1) is 5.76 Å². The minimum atomic E-state index is -4.32. The molecule has 54 valence electrons. The van der Waals surface area contributed by atoms with Crippen LogP contribution in [0.2, 0.25) is 0 Å². The van der Waals surface area contributed by atoms with Crippen LogP contribution in [0.3, 0.4) is 0 Å². The third kappa shape index (κ3) is 16.5. The minimum Gasteiger partial charge on any atom is -0.410 e. The smallest absolute Gasteiger partial charge is 0.410 e. The van der Waals surface area contributed by atoms with Gasteiger partial charge in [0.1, 0.15) is 0 Å².